The molecule has 0 saturated heterocycles. The molecule has 0 saturated carbocycles. The van der Waals surface area contributed by atoms with Crippen molar-refractivity contribution in [1.82, 2.24) is 0 Å². The lowest BCUT2D eigenvalue weighted by Gasteiger charge is -2.24. The minimum atomic E-state index is 0. The van der Waals surface area contributed by atoms with Crippen molar-refractivity contribution in [2.75, 3.05) is 10.2 Å². The van der Waals surface area contributed by atoms with E-state index in [-0.39, 0.29) is 12.4 Å². The molecule has 0 spiro atoms. The third kappa shape index (κ3) is 3.46. The van der Waals surface area contributed by atoms with Crippen LogP contribution in [0.5, 0.6) is 0 Å². The Morgan fingerprint density at radius 2 is 1.36 bits per heavy atom. The zero-order chi connectivity index (χ0) is 16.4. The van der Waals surface area contributed by atoms with Gasteiger partial charge in [0, 0.05) is 0 Å². The van der Waals surface area contributed by atoms with Crippen LogP contribution in [0, 0.1) is 0 Å². The number of halogens is 2. The normalized spacial score (nSPS) is 13.4. The largest absolute Gasteiger partial charge is 1.00 e. The van der Waals surface area contributed by atoms with E-state index in [2.05, 4.69) is 12.1 Å². The third-order valence-corrected chi connectivity index (χ3v) is 4.13. The van der Waals surface area contributed by atoms with Crippen molar-refractivity contribution in [1.29, 1.82) is 0 Å². The first-order valence-electron chi connectivity index (χ1n) is 7.71. The highest BCUT2D eigenvalue weighted by atomic mass is 35.5. The molecular formula is C19H16Cl2N4. The maximum absolute atomic E-state index is 6.41. The van der Waals surface area contributed by atoms with Crippen molar-refractivity contribution < 1.29 is 17.8 Å². The number of hydrazine groups is 1. The number of hydrogen-bond donors (Lipinski definition) is 1. The fourth-order valence-corrected chi connectivity index (χ4v) is 2.86. The highest BCUT2D eigenvalue weighted by molar-refractivity contribution is 6.33. The first-order valence-corrected chi connectivity index (χ1v) is 8.08. The summed E-state index contributed by atoms with van der Waals surface area (Å²) in [6.45, 7) is 0. The molecule has 4 rings (SSSR count). The van der Waals surface area contributed by atoms with E-state index in [1.165, 1.54) is 0 Å². The molecule has 1 aliphatic rings. The number of anilines is 2. The van der Waals surface area contributed by atoms with Crippen LogP contribution in [-0.4, -0.2) is 5.84 Å². The Morgan fingerprint density at radius 1 is 0.760 bits per heavy atom. The number of nitrogens with zero attached hydrogens (tertiary/aromatic N) is 3. The highest BCUT2D eigenvalue weighted by Gasteiger charge is 2.32. The van der Waals surface area contributed by atoms with Gasteiger partial charge in [-0.15, -0.1) is 10.2 Å². The molecule has 1 aliphatic heterocycles. The van der Waals surface area contributed by atoms with Crippen LogP contribution in [0.1, 0.15) is 5.56 Å². The molecule has 0 amide bonds. The molecule has 0 bridgehead atoms. The van der Waals surface area contributed by atoms with Crippen LogP contribution in [0.3, 0.4) is 0 Å². The Hall–Kier alpha value is -2.53. The van der Waals surface area contributed by atoms with E-state index in [1.807, 2.05) is 88.5 Å². The molecule has 1 heterocycles. The van der Waals surface area contributed by atoms with Gasteiger partial charge in [-0.05, 0) is 36.4 Å². The van der Waals surface area contributed by atoms with Crippen LogP contribution in [0.4, 0.5) is 11.4 Å². The van der Waals surface area contributed by atoms with Gasteiger partial charge in [0.15, 0.2) is 0 Å². The fourth-order valence-electron chi connectivity index (χ4n) is 2.64. The van der Waals surface area contributed by atoms with Gasteiger partial charge < -0.3 is 12.4 Å². The van der Waals surface area contributed by atoms with Crippen LogP contribution in [0.15, 0.2) is 90.0 Å². The summed E-state index contributed by atoms with van der Waals surface area (Å²) in [5.41, 5.74) is 4.93. The van der Waals surface area contributed by atoms with Gasteiger partial charge in [-0.3, -0.25) is 0 Å². The number of rotatable bonds is 3. The van der Waals surface area contributed by atoms with E-state index in [9.17, 15) is 0 Å². The third-order valence-electron chi connectivity index (χ3n) is 3.81. The van der Waals surface area contributed by atoms with Crippen LogP contribution < -0.4 is 28.1 Å². The number of quaternary nitrogens is 1. The second-order valence-electron chi connectivity index (χ2n) is 5.40. The van der Waals surface area contributed by atoms with Crippen molar-refractivity contribution in [2.45, 2.75) is 0 Å². The molecular weight excluding hydrogens is 355 g/mol. The van der Waals surface area contributed by atoms with E-state index < -0.39 is 0 Å². The SMILES string of the molecule is Clc1ccccc1N1[NH2+]C(c2ccccc2)=NN1c1ccccc1.[Cl-]. The number of hydrazone groups is 1. The van der Waals surface area contributed by atoms with E-state index in [1.54, 1.807) is 0 Å². The Balaban J connectivity index is 0.00000182. The Kier molecular flexibility index (Phi) is 5.24. The monoisotopic (exact) mass is 370 g/mol. The number of hydrogen-bond acceptors (Lipinski definition) is 3. The summed E-state index contributed by atoms with van der Waals surface area (Å²) >= 11 is 6.41. The predicted octanol–water partition coefficient (Wildman–Crippen LogP) is 0.426. The van der Waals surface area contributed by atoms with Gasteiger partial charge in [0.05, 0.1) is 16.3 Å². The van der Waals surface area contributed by atoms with Crippen molar-refractivity contribution in [3.8, 4) is 0 Å². The van der Waals surface area contributed by atoms with Crippen LogP contribution >= 0.6 is 11.6 Å². The highest BCUT2D eigenvalue weighted by Crippen LogP contribution is 2.28. The standard InChI is InChI=1S/C19H15ClN4.ClH/c20-17-13-7-8-14-18(17)24-22-19(15-9-3-1-4-10-15)21-23(24)16-11-5-2-6-12-16;/h1-14H,(H,21,22);1H. The summed E-state index contributed by atoms with van der Waals surface area (Å²) in [5, 5.41) is 9.31. The van der Waals surface area contributed by atoms with E-state index in [0.717, 1.165) is 22.8 Å². The van der Waals surface area contributed by atoms with Crippen LogP contribution in [0.25, 0.3) is 0 Å². The van der Waals surface area contributed by atoms with Crippen LogP contribution in [-0.2, 0) is 0 Å². The molecule has 0 radical (unpaired) electrons. The maximum atomic E-state index is 6.41. The lowest BCUT2D eigenvalue weighted by Crippen LogP contribution is -3.00. The second-order valence-corrected chi connectivity index (χ2v) is 5.81. The van der Waals surface area contributed by atoms with Crippen molar-refractivity contribution in [3.05, 3.63) is 95.5 Å². The molecule has 126 valence electrons. The lowest BCUT2D eigenvalue weighted by atomic mass is 10.2. The number of benzene rings is 3. The van der Waals surface area contributed by atoms with Gasteiger partial charge in [0.25, 0.3) is 5.84 Å². The van der Waals surface area contributed by atoms with E-state index in [0.29, 0.717) is 5.02 Å². The second kappa shape index (κ2) is 7.57. The summed E-state index contributed by atoms with van der Waals surface area (Å²) in [5.74, 6) is 0.888. The quantitative estimate of drug-likeness (QED) is 0.678. The number of para-hydroxylation sites is 2. The smallest absolute Gasteiger partial charge is 0.277 e. The molecule has 0 atom stereocenters. The molecule has 3 aromatic carbocycles. The number of amidine groups is 1. The lowest BCUT2D eigenvalue weighted by molar-refractivity contribution is -0.545. The fraction of sp³-hybridized carbons (Fsp3) is 0. The van der Waals surface area contributed by atoms with Crippen molar-refractivity contribution in [2.24, 2.45) is 5.10 Å². The average molecular weight is 371 g/mol. The average Bonchev–Trinajstić information content (AvgIpc) is 3.09. The van der Waals surface area contributed by atoms with Crippen molar-refractivity contribution in [3.63, 3.8) is 0 Å². The Labute approximate surface area is 157 Å². The summed E-state index contributed by atoms with van der Waals surface area (Å²) in [6.07, 6.45) is 0. The molecule has 25 heavy (non-hydrogen) atoms. The predicted molar refractivity (Wildman–Crippen MR) is 97.8 cm³/mol. The summed E-state index contributed by atoms with van der Waals surface area (Å²) in [4.78, 5) is 0. The molecule has 0 aromatic heterocycles. The first-order chi connectivity index (χ1) is 11.8. The van der Waals surface area contributed by atoms with Gasteiger partial charge in [-0.1, -0.05) is 65.2 Å². The summed E-state index contributed by atoms with van der Waals surface area (Å²) < 4.78 is 0. The molecule has 0 fully saturated rings. The first kappa shape index (κ1) is 17.3. The summed E-state index contributed by atoms with van der Waals surface area (Å²) in [6, 6.07) is 27.9. The topological polar surface area (TPSA) is 35.5 Å². The van der Waals surface area contributed by atoms with Gasteiger partial charge in [-0.25, -0.2) is 0 Å². The van der Waals surface area contributed by atoms with Gasteiger partial charge >= 0.3 is 0 Å². The van der Waals surface area contributed by atoms with Crippen LogP contribution in [0.2, 0.25) is 5.02 Å². The molecule has 4 nitrogen and oxygen atoms in total. The number of nitrogens with two attached hydrogens (primary N) is 1. The molecule has 0 unspecified atom stereocenters. The summed E-state index contributed by atoms with van der Waals surface area (Å²) in [7, 11) is 0. The zero-order valence-corrected chi connectivity index (χ0v) is 14.8. The zero-order valence-electron chi connectivity index (χ0n) is 13.3. The van der Waals surface area contributed by atoms with Crippen molar-refractivity contribution >= 4 is 28.8 Å². The van der Waals surface area contributed by atoms with E-state index in [4.69, 9.17) is 16.7 Å². The molecule has 0 aliphatic carbocycles. The van der Waals surface area contributed by atoms with Gasteiger partial charge in [-0.2, -0.15) is 5.43 Å². The minimum Gasteiger partial charge on any atom is -1.00 e. The van der Waals surface area contributed by atoms with Gasteiger partial charge in [0.2, 0.25) is 0 Å². The van der Waals surface area contributed by atoms with Gasteiger partial charge in [0.1, 0.15) is 5.69 Å². The Morgan fingerprint density at radius 3 is 2.04 bits per heavy atom. The minimum absolute atomic E-state index is 0. The molecule has 6 heteroatoms. The molecule has 3 aromatic rings. The van der Waals surface area contributed by atoms with E-state index >= 15 is 0 Å². The molecule has 2 N–H and O–H groups in total. The maximum Gasteiger partial charge on any atom is 0.277 e. The Bertz CT molecular complexity index is 869.